The van der Waals surface area contributed by atoms with Crippen molar-refractivity contribution in [3.8, 4) is 11.8 Å². The highest BCUT2D eigenvalue weighted by Crippen LogP contribution is 2.29. The lowest BCUT2D eigenvalue weighted by atomic mass is 10.1. The molecular weight excluding hydrogens is 492 g/mol. The number of nitrogens with one attached hydrogen (secondary N) is 1. The van der Waals surface area contributed by atoms with E-state index in [0.717, 1.165) is 11.1 Å². The predicted octanol–water partition coefficient (Wildman–Crippen LogP) is 5.38. The largest absolute Gasteiger partial charge is 0.378 e. The van der Waals surface area contributed by atoms with Gasteiger partial charge in [-0.25, -0.2) is 0 Å². The Bertz CT molecular complexity index is 1340. The predicted molar refractivity (Wildman–Crippen MR) is 127 cm³/mol. The molecule has 32 heavy (non-hydrogen) atoms. The van der Waals surface area contributed by atoms with Crippen LogP contribution in [0.4, 0.5) is 5.69 Å². The zero-order valence-corrected chi connectivity index (χ0v) is 19.7. The third kappa shape index (κ3) is 5.44. The third-order valence-electron chi connectivity index (χ3n) is 4.72. The Kier molecular flexibility index (Phi) is 7.13. The summed E-state index contributed by atoms with van der Waals surface area (Å²) in [6, 6.07) is 19.7. The van der Waals surface area contributed by atoms with Gasteiger partial charge >= 0.3 is 10.1 Å². The topological polar surface area (TPSA) is 96.3 Å². The van der Waals surface area contributed by atoms with Crippen molar-refractivity contribution in [1.82, 2.24) is 0 Å². The molecule has 1 N–H and O–H groups in total. The van der Waals surface area contributed by atoms with E-state index in [4.69, 9.17) is 4.18 Å². The fourth-order valence-corrected chi connectivity index (χ4v) is 4.20. The number of anilines is 1. The number of aryl methyl sites for hydroxylation is 1. The number of hydrogen-bond donors (Lipinski definition) is 1. The summed E-state index contributed by atoms with van der Waals surface area (Å²) >= 11 is 3.32. The van der Waals surface area contributed by atoms with E-state index in [2.05, 4.69) is 21.2 Å². The van der Waals surface area contributed by atoms with Crippen LogP contribution in [-0.2, 0) is 14.9 Å². The molecule has 1 amide bonds. The second kappa shape index (κ2) is 9.81. The van der Waals surface area contributed by atoms with Gasteiger partial charge in [0.15, 0.2) is 0 Å². The molecule has 0 aliphatic rings. The maximum atomic E-state index is 12.7. The van der Waals surface area contributed by atoms with Gasteiger partial charge in [-0.2, -0.15) is 13.7 Å². The van der Waals surface area contributed by atoms with Crippen molar-refractivity contribution in [2.75, 3.05) is 5.32 Å². The first kappa shape index (κ1) is 23.3. The molecule has 0 spiro atoms. The standard InChI is InChI=1S/C24H19BrN2O4S/c1-16-7-6-10-22(17(16)2)27-24(28)19(15-26)13-18-14-20(25)11-12-23(18)31-32(29,30)21-8-4-3-5-9-21/h3-14H,1-2H3,(H,27,28)/b19-13+. The van der Waals surface area contributed by atoms with Crippen molar-refractivity contribution in [1.29, 1.82) is 5.26 Å². The van der Waals surface area contributed by atoms with Gasteiger partial charge in [0.25, 0.3) is 5.91 Å². The molecule has 0 heterocycles. The Morgan fingerprint density at radius 3 is 2.47 bits per heavy atom. The van der Waals surface area contributed by atoms with E-state index >= 15 is 0 Å². The summed E-state index contributed by atoms with van der Waals surface area (Å²) in [5, 5.41) is 12.3. The minimum absolute atomic E-state index is 0.00831. The molecule has 162 valence electrons. The molecule has 0 aromatic heterocycles. The van der Waals surface area contributed by atoms with Gasteiger partial charge in [0.2, 0.25) is 0 Å². The number of carbonyl (C=O) groups is 1. The normalized spacial score (nSPS) is 11.5. The SMILES string of the molecule is Cc1cccc(NC(=O)/C(C#N)=C/c2cc(Br)ccc2OS(=O)(=O)c2ccccc2)c1C. The Morgan fingerprint density at radius 1 is 1.06 bits per heavy atom. The van der Waals surface area contributed by atoms with Crippen LogP contribution in [0.2, 0.25) is 0 Å². The van der Waals surface area contributed by atoms with Gasteiger partial charge in [-0.05, 0) is 67.4 Å². The summed E-state index contributed by atoms with van der Waals surface area (Å²) in [6.45, 7) is 3.79. The zero-order chi connectivity index (χ0) is 23.3. The lowest BCUT2D eigenvalue weighted by Gasteiger charge is -2.12. The number of halogens is 1. The molecule has 0 radical (unpaired) electrons. The summed E-state index contributed by atoms with van der Waals surface area (Å²) in [7, 11) is -4.10. The highest BCUT2D eigenvalue weighted by atomic mass is 79.9. The first-order valence-electron chi connectivity index (χ1n) is 9.50. The Morgan fingerprint density at radius 2 is 1.78 bits per heavy atom. The molecule has 0 aliphatic carbocycles. The van der Waals surface area contributed by atoms with E-state index in [-0.39, 0.29) is 21.8 Å². The lowest BCUT2D eigenvalue weighted by molar-refractivity contribution is -0.112. The average Bonchev–Trinajstić information content (AvgIpc) is 2.77. The number of nitrogens with zero attached hydrogens (tertiary/aromatic N) is 1. The van der Waals surface area contributed by atoms with Crippen LogP contribution in [0.3, 0.4) is 0 Å². The van der Waals surface area contributed by atoms with Gasteiger partial charge in [-0.15, -0.1) is 0 Å². The van der Waals surface area contributed by atoms with Crippen LogP contribution in [0.15, 0.2) is 81.7 Å². The van der Waals surface area contributed by atoms with Gasteiger partial charge in [0, 0.05) is 15.7 Å². The number of nitriles is 1. The number of hydrogen-bond acceptors (Lipinski definition) is 5. The first-order chi connectivity index (χ1) is 15.2. The van der Waals surface area contributed by atoms with E-state index < -0.39 is 16.0 Å². The number of carbonyl (C=O) groups excluding carboxylic acids is 1. The van der Waals surface area contributed by atoms with Crippen molar-refractivity contribution in [3.05, 3.63) is 93.5 Å². The first-order valence-corrected chi connectivity index (χ1v) is 11.7. The van der Waals surface area contributed by atoms with E-state index in [1.54, 1.807) is 36.4 Å². The van der Waals surface area contributed by atoms with Gasteiger partial charge in [0.05, 0.1) is 0 Å². The quantitative estimate of drug-likeness (QED) is 0.272. The highest BCUT2D eigenvalue weighted by molar-refractivity contribution is 9.10. The fourth-order valence-electron chi connectivity index (χ4n) is 2.84. The Balaban J connectivity index is 1.96. The van der Waals surface area contributed by atoms with Crippen LogP contribution in [0.5, 0.6) is 5.75 Å². The fraction of sp³-hybridized carbons (Fsp3) is 0.0833. The molecule has 8 heteroatoms. The van der Waals surface area contributed by atoms with Gasteiger partial charge < -0.3 is 9.50 Å². The molecule has 0 unspecified atom stereocenters. The van der Waals surface area contributed by atoms with Crippen molar-refractivity contribution >= 4 is 43.7 Å². The number of rotatable bonds is 6. The van der Waals surface area contributed by atoms with Crippen LogP contribution >= 0.6 is 15.9 Å². The van der Waals surface area contributed by atoms with Gasteiger partial charge in [0.1, 0.15) is 22.3 Å². The number of benzene rings is 3. The zero-order valence-electron chi connectivity index (χ0n) is 17.3. The minimum atomic E-state index is -4.10. The highest BCUT2D eigenvalue weighted by Gasteiger charge is 2.19. The molecule has 0 saturated heterocycles. The van der Waals surface area contributed by atoms with Crippen molar-refractivity contribution in [3.63, 3.8) is 0 Å². The van der Waals surface area contributed by atoms with E-state index in [1.165, 1.54) is 24.3 Å². The van der Waals surface area contributed by atoms with Crippen molar-refractivity contribution in [2.24, 2.45) is 0 Å². The van der Waals surface area contributed by atoms with Gasteiger partial charge in [-0.3, -0.25) is 4.79 Å². The van der Waals surface area contributed by atoms with E-state index in [1.807, 2.05) is 32.0 Å². The van der Waals surface area contributed by atoms with Crippen LogP contribution in [0.1, 0.15) is 16.7 Å². The smallest absolute Gasteiger partial charge is 0.339 e. The molecule has 0 bridgehead atoms. The molecule has 0 fully saturated rings. The maximum absolute atomic E-state index is 12.7. The molecule has 3 rings (SSSR count). The molecule has 3 aromatic carbocycles. The summed E-state index contributed by atoms with van der Waals surface area (Å²) < 4.78 is 31.2. The third-order valence-corrected chi connectivity index (χ3v) is 6.46. The second-order valence-corrected chi connectivity index (χ2v) is 9.37. The minimum Gasteiger partial charge on any atom is -0.378 e. The number of amides is 1. The van der Waals surface area contributed by atoms with Crippen LogP contribution in [0, 0.1) is 25.2 Å². The summed E-state index contributed by atoms with van der Waals surface area (Å²) in [5.74, 6) is -0.623. The second-order valence-electron chi connectivity index (χ2n) is 6.90. The average molecular weight is 511 g/mol. The Hall–Kier alpha value is -3.41. The molecule has 0 aliphatic heterocycles. The van der Waals surface area contributed by atoms with E-state index in [0.29, 0.717) is 10.2 Å². The Labute approximate surface area is 195 Å². The molecule has 3 aromatic rings. The monoisotopic (exact) mass is 510 g/mol. The van der Waals surface area contributed by atoms with Gasteiger partial charge in [-0.1, -0.05) is 46.3 Å². The van der Waals surface area contributed by atoms with Crippen LogP contribution < -0.4 is 9.50 Å². The molecule has 0 saturated carbocycles. The van der Waals surface area contributed by atoms with E-state index in [9.17, 15) is 18.5 Å². The van der Waals surface area contributed by atoms with Crippen LogP contribution in [-0.4, -0.2) is 14.3 Å². The van der Waals surface area contributed by atoms with Crippen LogP contribution in [0.25, 0.3) is 6.08 Å². The summed E-state index contributed by atoms with van der Waals surface area (Å²) in [5.41, 5.74) is 2.53. The van der Waals surface area contributed by atoms with Crippen molar-refractivity contribution in [2.45, 2.75) is 18.7 Å². The molecule has 6 nitrogen and oxygen atoms in total. The molecular formula is C24H19BrN2O4S. The maximum Gasteiger partial charge on any atom is 0.339 e. The van der Waals surface area contributed by atoms with Crippen molar-refractivity contribution < 1.29 is 17.4 Å². The summed E-state index contributed by atoms with van der Waals surface area (Å²) in [6.07, 6.45) is 1.29. The molecule has 0 atom stereocenters. The lowest BCUT2D eigenvalue weighted by Crippen LogP contribution is -2.15. The summed E-state index contributed by atoms with van der Waals surface area (Å²) in [4.78, 5) is 12.7.